The van der Waals surface area contributed by atoms with Gasteiger partial charge < -0.3 is 5.73 Å². The molecule has 0 heterocycles. The highest BCUT2D eigenvalue weighted by molar-refractivity contribution is 7.99. The largest absolute Gasteiger partial charge is 0.399 e. The molecule has 2 N–H and O–H groups in total. The molecule has 0 fully saturated rings. The van der Waals surface area contributed by atoms with Crippen LogP contribution in [0.3, 0.4) is 0 Å². The van der Waals surface area contributed by atoms with Crippen LogP contribution in [0.1, 0.15) is 12.8 Å². The average Bonchev–Trinajstić information content (AvgIpc) is 2.18. The van der Waals surface area contributed by atoms with Gasteiger partial charge in [-0.25, -0.2) is 0 Å². The van der Waals surface area contributed by atoms with E-state index < -0.39 is 0 Å². The van der Waals surface area contributed by atoms with Crippen molar-refractivity contribution >= 4 is 29.1 Å². The van der Waals surface area contributed by atoms with Gasteiger partial charge in [0.2, 0.25) is 0 Å². The average molecular weight is 228 g/mol. The van der Waals surface area contributed by atoms with Crippen LogP contribution in [-0.4, -0.2) is 5.75 Å². The Morgan fingerprint density at radius 1 is 1.50 bits per heavy atom. The van der Waals surface area contributed by atoms with Gasteiger partial charge in [0, 0.05) is 10.6 Å². The zero-order chi connectivity index (χ0) is 10.4. The molecule has 1 rings (SSSR count). The van der Waals surface area contributed by atoms with Crippen molar-refractivity contribution < 1.29 is 0 Å². The normalized spacial score (nSPS) is 10.1. The zero-order valence-electron chi connectivity index (χ0n) is 8.00. The number of thioether (sulfide) groups is 1. The fourth-order valence-corrected chi connectivity index (χ4v) is 2.28. The van der Waals surface area contributed by atoms with Crippen LogP contribution in [0.2, 0.25) is 5.02 Å². The molecule has 0 aromatic heterocycles. The number of hydrogen-bond donors (Lipinski definition) is 1. The molecule has 0 bridgehead atoms. The molecule has 0 aliphatic rings. The number of hydrogen-bond acceptors (Lipinski definition) is 2. The third kappa shape index (κ3) is 3.64. The van der Waals surface area contributed by atoms with Crippen molar-refractivity contribution in [3.05, 3.63) is 35.9 Å². The highest BCUT2D eigenvalue weighted by Crippen LogP contribution is 2.29. The number of nitrogens with two attached hydrogens (primary N) is 1. The van der Waals surface area contributed by atoms with E-state index in [0.29, 0.717) is 0 Å². The number of benzene rings is 1. The summed E-state index contributed by atoms with van der Waals surface area (Å²) < 4.78 is 0. The minimum absolute atomic E-state index is 0.764. The summed E-state index contributed by atoms with van der Waals surface area (Å²) in [5.74, 6) is 1.05. The van der Waals surface area contributed by atoms with Crippen LogP contribution in [0.15, 0.2) is 35.7 Å². The van der Waals surface area contributed by atoms with Gasteiger partial charge in [-0.2, -0.15) is 0 Å². The number of anilines is 1. The van der Waals surface area contributed by atoms with Crippen molar-refractivity contribution in [1.82, 2.24) is 0 Å². The Labute approximate surface area is 94.3 Å². The Balaban J connectivity index is 2.49. The second-order valence-electron chi connectivity index (χ2n) is 2.97. The summed E-state index contributed by atoms with van der Waals surface area (Å²) in [6, 6.07) is 5.57. The fourth-order valence-electron chi connectivity index (χ4n) is 1.04. The second-order valence-corrected chi connectivity index (χ2v) is 4.51. The molecule has 0 spiro atoms. The number of unbranched alkanes of at least 4 members (excludes halogenated alkanes) is 1. The number of allylic oxidation sites excluding steroid dienone is 1. The maximum Gasteiger partial charge on any atom is 0.0543 e. The number of rotatable bonds is 5. The van der Waals surface area contributed by atoms with E-state index in [1.807, 2.05) is 24.3 Å². The molecule has 0 aliphatic carbocycles. The van der Waals surface area contributed by atoms with Gasteiger partial charge in [-0.05, 0) is 36.8 Å². The van der Waals surface area contributed by atoms with Gasteiger partial charge >= 0.3 is 0 Å². The predicted molar refractivity (Wildman–Crippen MR) is 66.0 cm³/mol. The summed E-state index contributed by atoms with van der Waals surface area (Å²) in [5.41, 5.74) is 6.43. The molecular weight excluding hydrogens is 214 g/mol. The van der Waals surface area contributed by atoms with Gasteiger partial charge in [0.1, 0.15) is 0 Å². The van der Waals surface area contributed by atoms with E-state index in [1.165, 1.54) is 0 Å². The van der Waals surface area contributed by atoms with Crippen LogP contribution in [0.4, 0.5) is 5.69 Å². The summed E-state index contributed by atoms with van der Waals surface area (Å²) in [5, 5.41) is 0.780. The van der Waals surface area contributed by atoms with Crippen LogP contribution in [0.25, 0.3) is 0 Å². The first-order valence-electron chi connectivity index (χ1n) is 4.52. The molecule has 14 heavy (non-hydrogen) atoms. The minimum Gasteiger partial charge on any atom is -0.399 e. The quantitative estimate of drug-likeness (QED) is 0.356. The summed E-state index contributed by atoms with van der Waals surface area (Å²) in [6.45, 7) is 3.68. The lowest BCUT2D eigenvalue weighted by atomic mass is 10.3. The molecule has 1 nitrogen and oxygen atoms in total. The van der Waals surface area contributed by atoms with Crippen LogP contribution in [0, 0.1) is 0 Å². The second kappa shape index (κ2) is 5.99. The smallest absolute Gasteiger partial charge is 0.0543 e. The first-order chi connectivity index (χ1) is 6.74. The predicted octanol–water partition coefficient (Wildman–Crippen LogP) is 3.98. The lowest BCUT2D eigenvalue weighted by Gasteiger charge is -2.04. The van der Waals surface area contributed by atoms with Crippen LogP contribution in [-0.2, 0) is 0 Å². The monoisotopic (exact) mass is 227 g/mol. The van der Waals surface area contributed by atoms with E-state index in [-0.39, 0.29) is 0 Å². The molecule has 0 saturated carbocycles. The van der Waals surface area contributed by atoms with E-state index in [2.05, 4.69) is 6.58 Å². The summed E-state index contributed by atoms with van der Waals surface area (Å²) in [7, 11) is 0. The van der Waals surface area contributed by atoms with E-state index in [0.717, 1.165) is 34.2 Å². The standard InChI is InChI=1S/C11H14ClNS/c1-2-3-4-7-14-11-8-9(13)5-6-10(11)12/h2,5-6,8H,1,3-4,7,13H2. The van der Waals surface area contributed by atoms with E-state index in [9.17, 15) is 0 Å². The molecule has 1 aromatic rings. The molecule has 76 valence electrons. The van der Waals surface area contributed by atoms with Crippen LogP contribution < -0.4 is 5.73 Å². The number of nitrogen functional groups attached to an aromatic ring is 1. The minimum atomic E-state index is 0.764. The Morgan fingerprint density at radius 3 is 3.00 bits per heavy atom. The molecular formula is C11H14ClNS. The molecule has 1 aromatic carbocycles. The highest BCUT2D eigenvalue weighted by Gasteiger charge is 2.00. The molecule has 0 unspecified atom stereocenters. The fraction of sp³-hybridized carbons (Fsp3) is 0.273. The Hall–Kier alpha value is -0.600. The molecule has 0 amide bonds. The van der Waals surface area contributed by atoms with Crippen LogP contribution in [0.5, 0.6) is 0 Å². The van der Waals surface area contributed by atoms with Crippen molar-refractivity contribution in [3.8, 4) is 0 Å². The Kier molecular flexibility index (Phi) is 4.91. The molecule has 0 saturated heterocycles. The third-order valence-corrected chi connectivity index (χ3v) is 3.35. The lowest BCUT2D eigenvalue weighted by Crippen LogP contribution is -1.86. The summed E-state index contributed by atoms with van der Waals surface area (Å²) in [6.07, 6.45) is 4.10. The van der Waals surface area contributed by atoms with Crippen molar-refractivity contribution in [2.45, 2.75) is 17.7 Å². The van der Waals surface area contributed by atoms with Crippen LogP contribution >= 0.6 is 23.4 Å². The topological polar surface area (TPSA) is 26.0 Å². The van der Waals surface area contributed by atoms with Crippen molar-refractivity contribution in [2.75, 3.05) is 11.5 Å². The van der Waals surface area contributed by atoms with Gasteiger partial charge in [0.05, 0.1) is 5.02 Å². The van der Waals surface area contributed by atoms with E-state index in [1.54, 1.807) is 11.8 Å². The zero-order valence-corrected chi connectivity index (χ0v) is 9.57. The van der Waals surface area contributed by atoms with E-state index >= 15 is 0 Å². The van der Waals surface area contributed by atoms with Gasteiger partial charge in [0.25, 0.3) is 0 Å². The van der Waals surface area contributed by atoms with Gasteiger partial charge in [0.15, 0.2) is 0 Å². The maximum atomic E-state index is 6.01. The first-order valence-corrected chi connectivity index (χ1v) is 5.89. The summed E-state index contributed by atoms with van der Waals surface area (Å²) in [4.78, 5) is 1.07. The molecule has 0 atom stereocenters. The van der Waals surface area contributed by atoms with E-state index in [4.69, 9.17) is 17.3 Å². The summed E-state index contributed by atoms with van der Waals surface area (Å²) >= 11 is 7.75. The van der Waals surface area contributed by atoms with Crippen molar-refractivity contribution in [2.24, 2.45) is 0 Å². The van der Waals surface area contributed by atoms with Crippen molar-refractivity contribution in [1.29, 1.82) is 0 Å². The van der Waals surface area contributed by atoms with Crippen molar-refractivity contribution in [3.63, 3.8) is 0 Å². The Morgan fingerprint density at radius 2 is 2.29 bits per heavy atom. The maximum absolute atomic E-state index is 6.01. The van der Waals surface area contributed by atoms with Gasteiger partial charge in [-0.1, -0.05) is 17.7 Å². The highest BCUT2D eigenvalue weighted by atomic mass is 35.5. The van der Waals surface area contributed by atoms with Gasteiger partial charge in [-0.3, -0.25) is 0 Å². The lowest BCUT2D eigenvalue weighted by molar-refractivity contribution is 0.974. The molecule has 0 radical (unpaired) electrons. The third-order valence-electron chi connectivity index (χ3n) is 1.77. The Bertz CT molecular complexity index is 312. The number of halogens is 1. The molecule has 0 aliphatic heterocycles. The SMILES string of the molecule is C=CCCCSc1cc(N)ccc1Cl. The first kappa shape index (κ1) is 11.5. The van der Waals surface area contributed by atoms with Gasteiger partial charge in [-0.15, -0.1) is 18.3 Å². The molecule has 3 heteroatoms.